The number of ketones is 1. The first-order chi connectivity index (χ1) is 13.4. The standard InChI is InChI=1S/C26H33ClO/c1-25-13-4-3-5-19(25)8-11-21-22(25)12-14-26(2)23(21)16-18(24(26)28)15-17-6-9-20(27)10-7-17/h6-7,9-10,15,19,21-23H,3-5,8,11-14,16H2,1-2H3/b18-15+/t19-,21+,22-,23-,25+,26+/m1/s1. The van der Waals surface area contributed by atoms with E-state index in [0.717, 1.165) is 46.8 Å². The zero-order chi connectivity index (χ0) is 19.5. The van der Waals surface area contributed by atoms with Crippen LogP contribution in [0.3, 0.4) is 0 Å². The molecule has 5 rings (SSSR count). The molecule has 2 heteroatoms. The Kier molecular flexibility index (Phi) is 4.54. The lowest BCUT2D eigenvalue weighted by molar-refractivity contribution is -0.137. The number of allylic oxidation sites excluding steroid dienone is 1. The van der Waals surface area contributed by atoms with E-state index in [1.165, 1.54) is 44.9 Å². The van der Waals surface area contributed by atoms with E-state index >= 15 is 0 Å². The third kappa shape index (κ3) is 2.76. The number of Topliss-reactive ketones (excluding diaryl/α,β-unsaturated/α-hetero) is 1. The molecule has 4 fully saturated rings. The summed E-state index contributed by atoms with van der Waals surface area (Å²) in [5, 5.41) is 0.751. The molecule has 1 nitrogen and oxygen atoms in total. The van der Waals surface area contributed by atoms with Crippen molar-refractivity contribution in [2.24, 2.45) is 34.5 Å². The first-order valence-electron chi connectivity index (χ1n) is 11.4. The Labute approximate surface area is 174 Å². The molecular weight excluding hydrogens is 364 g/mol. The molecule has 1 aromatic carbocycles. The molecule has 0 bridgehead atoms. The van der Waals surface area contributed by atoms with Gasteiger partial charge in [-0.1, -0.05) is 50.4 Å². The third-order valence-corrected chi connectivity index (χ3v) is 9.69. The zero-order valence-corrected chi connectivity index (χ0v) is 18.1. The van der Waals surface area contributed by atoms with Crippen molar-refractivity contribution in [3.8, 4) is 0 Å². The van der Waals surface area contributed by atoms with Crippen LogP contribution >= 0.6 is 11.6 Å². The van der Waals surface area contributed by atoms with Gasteiger partial charge >= 0.3 is 0 Å². The minimum absolute atomic E-state index is 0.128. The van der Waals surface area contributed by atoms with Gasteiger partial charge in [0, 0.05) is 10.4 Å². The Morgan fingerprint density at radius 2 is 1.75 bits per heavy atom. The number of carbonyl (C=O) groups is 1. The SMILES string of the molecule is C[C@]12CCCC[C@@H]1CC[C@H]1[C@H]2CC[C@]2(C)C(=O)/C(=C/c3ccc(Cl)cc3)C[C@H]12. The van der Waals surface area contributed by atoms with Crippen LogP contribution in [0.1, 0.15) is 77.2 Å². The third-order valence-electron chi connectivity index (χ3n) is 9.43. The van der Waals surface area contributed by atoms with Gasteiger partial charge in [-0.25, -0.2) is 0 Å². The number of rotatable bonds is 1. The van der Waals surface area contributed by atoms with E-state index in [-0.39, 0.29) is 5.41 Å². The van der Waals surface area contributed by atoms with Crippen LogP contribution in [0.4, 0.5) is 0 Å². The van der Waals surface area contributed by atoms with E-state index in [4.69, 9.17) is 11.6 Å². The van der Waals surface area contributed by atoms with Gasteiger partial charge in [0.1, 0.15) is 0 Å². The minimum atomic E-state index is -0.128. The van der Waals surface area contributed by atoms with Crippen LogP contribution in [0.15, 0.2) is 29.8 Å². The number of hydrogen-bond acceptors (Lipinski definition) is 1. The van der Waals surface area contributed by atoms with Crippen LogP contribution in [0.25, 0.3) is 6.08 Å². The Morgan fingerprint density at radius 3 is 2.54 bits per heavy atom. The van der Waals surface area contributed by atoms with Crippen LogP contribution in [0.2, 0.25) is 5.02 Å². The molecule has 1 aromatic rings. The van der Waals surface area contributed by atoms with Gasteiger partial charge in [0.25, 0.3) is 0 Å². The van der Waals surface area contributed by atoms with Crippen molar-refractivity contribution in [2.45, 2.75) is 71.6 Å². The molecule has 4 aliphatic rings. The highest BCUT2D eigenvalue weighted by Crippen LogP contribution is 2.66. The van der Waals surface area contributed by atoms with Gasteiger partial charge in [-0.3, -0.25) is 4.79 Å². The smallest absolute Gasteiger partial charge is 0.165 e. The second-order valence-corrected chi connectivity index (χ2v) is 11.0. The van der Waals surface area contributed by atoms with Crippen molar-refractivity contribution in [3.63, 3.8) is 0 Å². The number of halogens is 1. The van der Waals surface area contributed by atoms with Crippen molar-refractivity contribution in [3.05, 3.63) is 40.4 Å². The first-order valence-corrected chi connectivity index (χ1v) is 11.8. The second-order valence-electron chi connectivity index (χ2n) is 10.6. The average molecular weight is 397 g/mol. The molecule has 0 heterocycles. The lowest BCUT2D eigenvalue weighted by atomic mass is 9.45. The van der Waals surface area contributed by atoms with Crippen LogP contribution < -0.4 is 0 Å². The largest absolute Gasteiger partial charge is 0.294 e. The van der Waals surface area contributed by atoms with Crippen molar-refractivity contribution < 1.29 is 4.79 Å². The van der Waals surface area contributed by atoms with Crippen molar-refractivity contribution in [1.82, 2.24) is 0 Å². The van der Waals surface area contributed by atoms with Gasteiger partial charge in [0.2, 0.25) is 0 Å². The summed E-state index contributed by atoms with van der Waals surface area (Å²) < 4.78 is 0. The fourth-order valence-electron chi connectivity index (χ4n) is 7.85. The van der Waals surface area contributed by atoms with Gasteiger partial charge < -0.3 is 0 Å². The maximum atomic E-state index is 13.5. The van der Waals surface area contributed by atoms with Crippen molar-refractivity contribution in [2.75, 3.05) is 0 Å². The summed E-state index contributed by atoms with van der Waals surface area (Å²) in [4.78, 5) is 13.5. The molecule has 4 aliphatic carbocycles. The predicted octanol–water partition coefficient (Wildman–Crippen LogP) is 7.34. The van der Waals surface area contributed by atoms with E-state index in [1.54, 1.807) is 0 Å². The number of carbonyl (C=O) groups excluding carboxylic acids is 1. The van der Waals surface area contributed by atoms with Crippen LogP contribution in [-0.2, 0) is 4.79 Å². The summed E-state index contributed by atoms with van der Waals surface area (Å²) in [6, 6.07) is 7.90. The minimum Gasteiger partial charge on any atom is -0.294 e. The maximum absolute atomic E-state index is 13.5. The molecule has 0 aromatic heterocycles. The first kappa shape index (κ1) is 18.9. The lowest BCUT2D eigenvalue weighted by Gasteiger charge is -2.59. The van der Waals surface area contributed by atoms with E-state index in [0.29, 0.717) is 17.1 Å². The normalized spacial score (nSPS) is 44.1. The highest BCUT2D eigenvalue weighted by molar-refractivity contribution is 6.30. The highest BCUT2D eigenvalue weighted by Gasteiger charge is 2.60. The predicted molar refractivity (Wildman–Crippen MR) is 116 cm³/mol. The summed E-state index contributed by atoms with van der Waals surface area (Å²) >= 11 is 6.04. The summed E-state index contributed by atoms with van der Waals surface area (Å²) in [7, 11) is 0. The van der Waals surface area contributed by atoms with Crippen molar-refractivity contribution >= 4 is 23.5 Å². The second kappa shape index (κ2) is 6.73. The Hall–Kier alpha value is -1.08. The Bertz CT molecular complexity index is 808. The summed E-state index contributed by atoms with van der Waals surface area (Å²) in [6.45, 7) is 4.89. The molecule has 0 spiro atoms. The quantitative estimate of drug-likeness (QED) is 0.454. The van der Waals surface area contributed by atoms with Crippen LogP contribution in [-0.4, -0.2) is 5.78 Å². The van der Waals surface area contributed by atoms with Crippen molar-refractivity contribution in [1.29, 1.82) is 0 Å². The van der Waals surface area contributed by atoms with E-state index in [1.807, 2.05) is 24.3 Å². The number of fused-ring (bicyclic) bond motifs is 5. The molecule has 28 heavy (non-hydrogen) atoms. The molecule has 0 radical (unpaired) electrons. The Morgan fingerprint density at radius 1 is 0.964 bits per heavy atom. The molecule has 150 valence electrons. The van der Waals surface area contributed by atoms with Gasteiger partial charge in [0.15, 0.2) is 5.78 Å². The molecule has 0 amide bonds. The molecule has 0 unspecified atom stereocenters. The molecule has 6 atom stereocenters. The maximum Gasteiger partial charge on any atom is 0.165 e. The van der Waals surface area contributed by atoms with Gasteiger partial charge in [-0.15, -0.1) is 0 Å². The zero-order valence-electron chi connectivity index (χ0n) is 17.3. The number of hydrogen-bond donors (Lipinski definition) is 0. The molecule has 4 saturated carbocycles. The highest BCUT2D eigenvalue weighted by atomic mass is 35.5. The Balaban J connectivity index is 1.45. The van der Waals surface area contributed by atoms with Gasteiger partial charge in [0.05, 0.1) is 0 Å². The molecular formula is C26H33ClO. The lowest BCUT2D eigenvalue weighted by Crippen LogP contribution is -2.52. The summed E-state index contributed by atoms with van der Waals surface area (Å²) in [5.74, 6) is 3.51. The topological polar surface area (TPSA) is 17.1 Å². The molecule has 0 saturated heterocycles. The monoisotopic (exact) mass is 396 g/mol. The van der Waals surface area contributed by atoms with E-state index in [9.17, 15) is 4.79 Å². The summed E-state index contributed by atoms with van der Waals surface area (Å²) in [5.41, 5.74) is 2.58. The fraction of sp³-hybridized carbons (Fsp3) is 0.654. The summed E-state index contributed by atoms with van der Waals surface area (Å²) in [6.07, 6.45) is 14.0. The van der Waals surface area contributed by atoms with E-state index in [2.05, 4.69) is 19.9 Å². The van der Waals surface area contributed by atoms with Crippen LogP contribution in [0.5, 0.6) is 0 Å². The van der Waals surface area contributed by atoms with E-state index < -0.39 is 0 Å². The molecule has 0 aliphatic heterocycles. The fourth-order valence-corrected chi connectivity index (χ4v) is 7.98. The average Bonchev–Trinajstić information content (AvgIpc) is 2.94. The van der Waals surface area contributed by atoms with Gasteiger partial charge in [-0.2, -0.15) is 0 Å². The molecule has 0 N–H and O–H groups in total. The van der Waals surface area contributed by atoms with Gasteiger partial charge in [-0.05, 0) is 103 Å². The van der Waals surface area contributed by atoms with Crippen LogP contribution in [0, 0.1) is 34.5 Å². The number of benzene rings is 1.